The van der Waals surface area contributed by atoms with Crippen molar-refractivity contribution in [2.24, 2.45) is 10.7 Å². The number of rotatable bonds is 6. The second-order valence-electron chi connectivity index (χ2n) is 6.74. The number of aliphatic imine (C=N–C) groups is 1. The van der Waals surface area contributed by atoms with Crippen LogP contribution in [0.2, 0.25) is 0 Å². The third-order valence-corrected chi connectivity index (χ3v) is 5.34. The van der Waals surface area contributed by atoms with Crippen molar-refractivity contribution in [3.05, 3.63) is 0 Å². The first-order valence-electron chi connectivity index (χ1n) is 8.60. The Bertz CT molecular complexity index is 371. The normalized spacial score (nSPS) is 25.4. The number of nitrogens with one attached hydrogen (secondary N) is 1. The summed E-state index contributed by atoms with van der Waals surface area (Å²) in [6, 6.07) is 0.602. The molecule has 1 atom stereocenters. The van der Waals surface area contributed by atoms with Crippen molar-refractivity contribution >= 4 is 29.9 Å². The van der Waals surface area contributed by atoms with Crippen molar-refractivity contribution in [2.45, 2.75) is 44.2 Å². The largest absolute Gasteiger partial charge is 0.381 e. The highest BCUT2D eigenvalue weighted by Crippen LogP contribution is 2.26. The fraction of sp³-hybridized carbons (Fsp3) is 0.938. The van der Waals surface area contributed by atoms with Crippen molar-refractivity contribution in [3.63, 3.8) is 0 Å². The Morgan fingerprint density at radius 3 is 2.70 bits per heavy atom. The molecular weight excluding hydrogens is 405 g/mol. The van der Waals surface area contributed by atoms with Gasteiger partial charge in [-0.25, -0.2) is 0 Å². The molecule has 2 heterocycles. The van der Waals surface area contributed by atoms with Gasteiger partial charge in [0, 0.05) is 31.3 Å². The number of likely N-dealkylation sites (tertiary alicyclic amines) is 1. The lowest BCUT2D eigenvalue weighted by Gasteiger charge is -2.41. The van der Waals surface area contributed by atoms with Crippen LogP contribution >= 0.6 is 24.0 Å². The van der Waals surface area contributed by atoms with Crippen LogP contribution in [0.1, 0.15) is 32.6 Å². The molecular formula is C16H34IN5O. The number of halogens is 1. The van der Waals surface area contributed by atoms with Crippen LogP contribution in [0.4, 0.5) is 0 Å². The molecule has 2 rings (SSSR count). The van der Waals surface area contributed by atoms with Gasteiger partial charge < -0.3 is 20.7 Å². The molecule has 0 amide bonds. The lowest BCUT2D eigenvalue weighted by atomic mass is 9.89. The monoisotopic (exact) mass is 439 g/mol. The molecule has 0 radical (unpaired) electrons. The summed E-state index contributed by atoms with van der Waals surface area (Å²) in [5.74, 6) is 0.579. The van der Waals surface area contributed by atoms with E-state index in [4.69, 9.17) is 10.5 Å². The van der Waals surface area contributed by atoms with Gasteiger partial charge in [0.25, 0.3) is 0 Å². The molecule has 23 heavy (non-hydrogen) atoms. The Morgan fingerprint density at radius 2 is 2.09 bits per heavy atom. The molecule has 2 saturated heterocycles. The average Bonchev–Trinajstić information content (AvgIpc) is 2.99. The highest BCUT2D eigenvalue weighted by Gasteiger charge is 2.34. The summed E-state index contributed by atoms with van der Waals surface area (Å²) < 4.78 is 5.49. The topological polar surface area (TPSA) is 66.1 Å². The summed E-state index contributed by atoms with van der Waals surface area (Å²) >= 11 is 0. The number of ether oxygens (including phenoxy) is 1. The third kappa shape index (κ3) is 5.72. The lowest BCUT2D eigenvalue weighted by Crippen LogP contribution is -2.51. The Hall–Kier alpha value is -0.120. The zero-order valence-electron chi connectivity index (χ0n) is 14.9. The summed E-state index contributed by atoms with van der Waals surface area (Å²) in [7, 11) is 4.25. The zero-order chi connectivity index (χ0) is 16.0. The van der Waals surface area contributed by atoms with Gasteiger partial charge in [0.2, 0.25) is 0 Å². The van der Waals surface area contributed by atoms with Crippen molar-refractivity contribution in [1.82, 2.24) is 15.1 Å². The van der Waals surface area contributed by atoms with Crippen LogP contribution in [0, 0.1) is 0 Å². The van der Waals surface area contributed by atoms with E-state index in [9.17, 15) is 0 Å². The smallest absolute Gasteiger partial charge is 0.188 e. The lowest BCUT2D eigenvalue weighted by molar-refractivity contribution is -0.00252. The Labute approximate surface area is 158 Å². The maximum atomic E-state index is 6.09. The number of nitrogens with two attached hydrogens (primary N) is 1. The molecule has 7 heteroatoms. The van der Waals surface area contributed by atoms with Crippen molar-refractivity contribution < 1.29 is 4.74 Å². The summed E-state index contributed by atoms with van der Waals surface area (Å²) in [6.45, 7) is 7.83. The van der Waals surface area contributed by atoms with E-state index in [-0.39, 0.29) is 29.5 Å². The predicted octanol–water partition coefficient (Wildman–Crippen LogP) is 1.10. The highest BCUT2D eigenvalue weighted by molar-refractivity contribution is 14.0. The molecule has 0 bridgehead atoms. The first kappa shape index (κ1) is 20.9. The van der Waals surface area contributed by atoms with Gasteiger partial charge in [-0.3, -0.25) is 9.89 Å². The first-order chi connectivity index (χ1) is 10.6. The fourth-order valence-corrected chi connectivity index (χ4v) is 3.55. The fourth-order valence-electron chi connectivity index (χ4n) is 3.55. The molecule has 3 N–H and O–H groups in total. The predicted molar refractivity (Wildman–Crippen MR) is 107 cm³/mol. The molecule has 2 fully saturated rings. The number of guanidine groups is 1. The van der Waals surface area contributed by atoms with E-state index >= 15 is 0 Å². The minimum Gasteiger partial charge on any atom is -0.381 e. The molecule has 0 aliphatic carbocycles. The SMILES string of the molecule is CCN1CCCC1CNC(N)=NCC1(N(C)C)CCOCC1.I. The van der Waals surface area contributed by atoms with E-state index in [1.54, 1.807) is 0 Å². The van der Waals surface area contributed by atoms with E-state index in [2.05, 4.69) is 41.1 Å². The third-order valence-electron chi connectivity index (χ3n) is 5.34. The van der Waals surface area contributed by atoms with Crippen molar-refractivity contribution in [1.29, 1.82) is 0 Å². The van der Waals surface area contributed by atoms with E-state index in [0.717, 1.165) is 45.7 Å². The van der Waals surface area contributed by atoms with Crippen molar-refractivity contribution in [3.8, 4) is 0 Å². The molecule has 0 spiro atoms. The minimum atomic E-state index is 0. The van der Waals surface area contributed by atoms with E-state index < -0.39 is 0 Å². The Morgan fingerprint density at radius 1 is 1.39 bits per heavy atom. The molecule has 2 aliphatic rings. The highest BCUT2D eigenvalue weighted by atomic mass is 127. The van der Waals surface area contributed by atoms with Crippen LogP contribution in [-0.2, 0) is 4.74 Å². The number of likely N-dealkylation sites (N-methyl/N-ethyl adjacent to an activating group) is 2. The van der Waals surface area contributed by atoms with Crippen LogP contribution in [-0.4, -0.2) is 80.8 Å². The van der Waals surface area contributed by atoms with Crippen LogP contribution in [0.25, 0.3) is 0 Å². The summed E-state index contributed by atoms with van der Waals surface area (Å²) in [6.07, 6.45) is 4.58. The Balaban J connectivity index is 0.00000264. The maximum Gasteiger partial charge on any atom is 0.188 e. The van der Waals surface area contributed by atoms with Gasteiger partial charge in [-0.05, 0) is 52.9 Å². The summed E-state index contributed by atoms with van der Waals surface area (Å²) in [5.41, 5.74) is 6.18. The first-order valence-corrected chi connectivity index (χ1v) is 8.60. The number of hydrogen-bond acceptors (Lipinski definition) is 4. The van der Waals surface area contributed by atoms with Gasteiger partial charge in [0.05, 0.1) is 6.54 Å². The Kier molecular flexibility index (Phi) is 9.10. The summed E-state index contributed by atoms with van der Waals surface area (Å²) in [5, 5.41) is 3.32. The van der Waals surface area contributed by atoms with Gasteiger partial charge in [-0.2, -0.15) is 0 Å². The quantitative estimate of drug-likeness (QED) is 0.369. The van der Waals surface area contributed by atoms with Crippen LogP contribution in [0.3, 0.4) is 0 Å². The van der Waals surface area contributed by atoms with Crippen molar-refractivity contribution in [2.75, 3.05) is 53.5 Å². The minimum absolute atomic E-state index is 0. The molecule has 1 unspecified atom stereocenters. The van der Waals surface area contributed by atoms with Gasteiger partial charge in [0.15, 0.2) is 5.96 Å². The molecule has 0 saturated carbocycles. The molecule has 0 aromatic rings. The molecule has 2 aliphatic heterocycles. The zero-order valence-corrected chi connectivity index (χ0v) is 17.2. The summed E-state index contributed by atoms with van der Waals surface area (Å²) in [4.78, 5) is 9.41. The van der Waals surface area contributed by atoms with Gasteiger partial charge in [-0.15, -0.1) is 24.0 Å². The molecule has 136 valence electrons. The maximum absolute atomic E-state index is 6.09. The van der Waals surface area contributed by atoms with Gasteiger partial charge in [-0.1, -0.05) is 6.92 Å². The van der Waals surface area contributed by atoms with Gasteiger partial charge >= 0.3 is 0 Å². The average molecular weight is 439 g/mol. The van der Waals surface area contributed by atoms with E-state index in [0.29, 0.717) is 12.0 Å². The van der Waals surface area contributed by atoms with Crippen LogP contribution in [0.15, 0.2) is 4.99 Å². The van der Waals surface area contributed by atoms with E-state index in [1.807, 2.05) is 0 Å². The number of hydrogen-bond donors (Lipinski definition) is 2. The molecule has 6 nitrogen and oxygen atoms in total. The molecule has 0 aromatic carbocycles. The second kappa shape index (κ2) is 10.0. The standard InChI is InChI=1S/C16H33N5O.HI/c1-4-21-9-5-6-14(21)12-18-15(17)19-13-16(20(2)3)7-10-22-11-8-16;/h14H,4-13H2,1-3H3,(H3,17,18,19);1H. The number of nitrogens with zero attached hydrogens (tertiary/aromatic N) is 3. The van der Waals surface area contributed by atoms with Gasteiger partial charge in [0.1, 0.15) is 0 Å². The van der Waals surface area contributed by atoms with E-state index in [1.165, 1.54) is 19.4 Å². The van der Waals surface area contributed by atoms with Crippen LogP contribution in [0.5, 0.6) is 0 Å². The molecule has 0 aromatic heterocycles. The second-order valence-corrected chi connectivity index (χ2v) is 6.74. The van der Waals surface area contributed by atoms with Crippen LogP contribution < -0.4 is 11.1 Å².